The summed E-state index contributed by atoms with van der Waals surface area (Å²) < 4.78 is 37.8. The number of anilines is 1. The molecule has 0 radical (unpaired) electrons. The second-order valence-corrected chi connectivity index (χ2v) is 5.26. The molecule has 1 unspecified atom stereocenters. The lowest BCUT2D eigenvalue weighted by Crippen LogP contribution is -2.39. The van der Waals surface area contributed by atoms with E-state index in [0.29, 0.717) is 13.1 Å². The smallest absolute Gasteiger partial charge is 0.357 e. The highest BCUT2D eigenvalue weighted by Crippen LogP contribution is 2.35. The number of nitrogens with one attached hydrogen (secondary N) is 1. The van der Waals surface area contributed by atoms with Crippen LogP contribution in [-0.2, 0) is 0 Å². The third kappa shape index (κ3) is 3.42. The molecule has 0 aromatic carbocycles. The lowest BCUT2D eigenvalue weighted by molar-refractivity contribution is -0.179. The van der Waals surface area contributed by atoms with Gasteiger partial charge in [0.1, 0.15) is 5.82 Å². The fourth-order valence-electron chi connectivity index (χ4n) is 2.44. The minimum atomic E-state index is -4.06. The summed E-state index contributed by atoms with van der Waals surface area (Å²) in [7, 11) is 1.88. The number of nitrogens with zero attached hydrogens (tertiary/aromatic N) is 2. The molecule has 2 rings (SSSR count). The highest BCUT2D eigenvalue weighted by atomic mass is 19.4. The second kappa shape index (κ2) is 5.99. The first-order valence-corrected chi connectivity index (χ1v) is 6.86. The van der Waals surface area contributed by atoms with E-state index in [2.05, 4.69) is 10.3 Å². The Labute approximate surface area is 117 Å². The summed E-state index contributed by atoms with van der Waals surface area (Å²) in [5.41, 5.74) is 1.07. The van der Waals surface area contributed by atoms with Gasteiger partial charge in [-0.1, -0.05) is 6.07 Å². The van der Waals surface area contributed by atoms with Gasteiger partial charge < -0.3 is 10.2 Å². The number of pyridine rings is 1. The number of aromatic nitrogens is 1. The van der Waals surface area contributed by atoms with E-state index in [0.717, 1.165) is 11.4 Å². The molecule has 3 nitrogen and oxygen atoms in total. The fraction of sp³-hybridized carbons (Fsp3) is 0.643. The maximum Gasteiger partial charge on any atom is 0.391 e. The average Bonchev–Trinajstić information content (AvgIpc) is 2.46. The Kier molecular flexibility index (Phi) is 4.52. The first-order chi connectivity index (χ1) is 9.41. The van der Waals surface area contributed by atoms with Gasteiger partial charge in [-0.05, 0) is 38.4 Å². The molecule has 2 heterocycles. The summed E-state index contributed by atoms with van der Waals surface area (Å²) >= 11 is 0. The van der Waals surface area contributed by atoms with Crippen LogP contribution in [0, 0.1) is 5.92 Å². The molecule has 0 bridgehead atoms. The molecule has 1 fully saturated rings. The monoisotopic (exact) mass is 287 g/mol. The van der Waals surface area contributed by atoms with E-state index >= 15 is 0 Å². The normalized spacial score (nSPS) is 19.1. The molecular weight excluding hydrogens is 267 g/mol. The van der Waals surface area contributed by atoms with Crippen molar-refractivity contribution in [3.05, 3.63) is 23.9 Å². The minimum Gasteiger partial charge on any atom is -0.357 e. The van der Waals surface area contributed by atoms with Gasteiger partial charge in [0.2, 0.25) is 0 Å². The van der Waals surface area contributed by atoms with E-state index in [4.69, 9.17) is 0 Å². The number of hydrogen-bond acceptors (Lipinski definition) is 3. The molecule has 1 saturated heterocycles. The summed E-state index contributed by atoms with van der Waals surface area (Å²) in [6.45, 7) is 2.86. The number of alkyl halides is 3. The summed E-state index contributed by atoms with van der Waals surface area (Å²) in [6, 6.07) is 4.07. The van der Waals surface area contributed by atoms with Gasteiger partial charge in [0.25, 0.3) is 0 Å². The van der Waals surface area contributed by atoms with Crippen LogP contribution in [-0.4, -0.2) is 31.3 Å². The molecule has 1 aromatic heterocycles. The zero-order valence-corrected chi connectivity index (χ0v) is 11.7. The minimum absolute atomic E-state index is 0.153. The molecule has 1 aliphatic heterocycles. The lowest BCUT2D eigenvalue weighted by Gasteiger charge is -2.33. The maximum absolute atomic E-state index is 12.6. The van der Waals surface area contributed by atoms with Crippen LogP contribution in [0.4, 0.5) is 19.0 Å². The van der Waals surface area contributed by atoms with Crippen molar-refractivity contribution >= 4 is 5.82 Å². The van der Waals surface area contributed by atoms with Crippen molar-refractivity contribution < 1.29 is 13.2 Å². The molecule has 20 heavy (non-hydrogen) atoms. The summed E-state index contributed by atoms with van der Waals surface area (Å²) in [6.07, 6.45) is -1.97. The van der Waals surface area contributed by atoms with Crippen molar-refractivity contribution in [1.82, 2.24) is 10.3 Å². The Bertz CT molecular complexity index is 422. The number of hydrogen-bond donors (Lipinski definition) is 1. The predicted molar refractivity (Wildman–Crippen MR) is 72.7 cm³/mol. The quantitative estimate of drug-likeness (QED) is 0.925. The molecule has 1 N–H and O–H groups in total. The molecule has 0 spiro atoms. The predicted octanol–water partition coefficient (Wildman–Crippen LogP) is 3.14. The SMILES string of the molecule is CNC(C)c1ccc(N2CCC(C(F)(F)F)CC2)nc1. The zero-order chi connectivity index (χ0) is 14.8. The number of rotatable bonds is 3. The van der Waals surface area contributed by atoms with Crippen LogP contribution in [0.15, 0.2) is 18.3 Å². The largest absolute Gasteiger partial charge is 0.391 e. The van der Waals surface area contributed by atoms with Crippen molar-refractivity contribution in [3.8, 4) is 0 Å². The third-order valence-corrected chi connectivity index (χ3v) is 3.99. The first kappa shape index (κ1) is 15.1. The molecule has 0 amide bonds. The van der Waals surface area contributed by atoms with Crippen LogP contribution in [0.3, 0.4) is 0 Å². The molecule has 1 atom stereocenters. The highest BCUT2D eigenvalue weighted by Gasteiger charge is 2.41. The van der Waals surface area contributed by atoms with Crippen LogP contribution in [0.25, 0.3) is 0 Å². The number of piperidine rings is 1. The first-order valence-electron chi connectivity index (χ1n) is 6.86. The fourth-order valence-corrected chi connectivity index (χ4v) is 2.44. The summed E-state index contributed by atoms with van der Waals surface area (Å²) in [4.78, 5) is 6.29. The van der Waals surface area contributed by atoms with E-state index in [1.807, 2.05) is 31.0 Å². The van der Waals surface area contributed by atoms with Crippen LogP contribution in [0.2, 0.25) is 0 Å². The molecule has 6 heteroatoms. The van der Waals surface area contributed by atoms with Crippen LogP contribution in [0.1, 0.15) is 31.4 Å². The van der Waals surface area contributed by atoms with E-state index < -0.39 is 12.1 Å². The lowest BCUT2D eigenvalue weighted by atomic mass is 9.96. The Morgan fingerprint density at radius 1 is 1.30 bits per heavy atom. The second-order valence-electron chi connectivity index (χ2n) is 5.26. The Hall–Kier alpha value is -1.30. The van der Waals surface area contributed by atoms with Crippen molar-refractivity contribution in [3.63, 3.8) is 0 Å². The van der Waals surface area contributed by atoms with Crippen molar-refractivity contribution in [1.29, 1.82) is 0 Å². The van der Waals surface area contributed by atoms with Gasteiger partial charge in [-0.25, -0.2) is 4.98 Å². The summed E-state index contributed by atoms with van der Waals surface area (Å²) in [5, 5.41) is 3.12. The highest BCUT2D eigenvalue weighted by molar-refractivity contribution is 5.40. The Morgan fingerprint density at radius 2 is 1.95 bits per heavy atom. The maximum atomic E-state index is 12.6. The van der Waals surface area contributed by atoms with Crippen LogP contribution >= 0.6 is 0 Å². The zero-order valence-electron chi connectivity index (χ0n) is 11.7. The van der Waals surface area contributed by atoms with Crippen molar-refractivity contribution in [2.24, 2.45) is 5.92 Å². The van der Waals surface area contributed by atoms with E-state index in [9.17, 15) is 13.2 Å². The van der Waals surface area contributed by atoms with Gasteiger partial charge in [0.05, 0.1) is 5.92 Å². The number of halogens is 3. The third-order valence-electron chi connectivity index (χ3n) is 3.99. The molecule has 0 saturated carbocycles. The Morgan fingerprint density at radius 3 is 2.40 bits per heavy atom. The average molecular weight is 287 g/mol. The van der Waals surface area contributed by atoms with Crippen molar-refractivity contribution in [2.45, 2.75) is 32.0 Å². The van der Waals surface area contributed by atoms with Gasteiger partial charge in [0, 0.05) is 25.3 Å². The van der Waals surface area contributed by atoms with Crippen molar-refractivity contribution in [2.75, 3.05) is 25.0 Å². The van der Waals surface area contributed by atoms with E-state index in [-0.39, 0.29) is 18.9 Å². The molecule has 0 aliphatic carbocycles. The van der Waals surface area contributed by atoms with Gasteiger partial charge in [-0.15, -0.1) is 0 Å². The van der Waals surface area contributed by atoms with E-state index in [1.54, 1.807) is 6.20 Å². The van der Waals surface area contributed by atoms with Gasteiger partial charge in [0.15, 0.2) is 0 Å². The summed E-state index contributed by atoms with van der Waals surface area (Å²) in [5.74, 6) is -0.403. The molecular formula is C14H20F3N3. The molecule has 112 valence electrons. The Balaban J connectivity index is 1.97. The van der Waals surface area contributed by atoms with Gasteiger partial charge >= 0.3 is 6.18 Å². The molecule has 1 aliphatic rings. The topological polar surface area (TPSA) is 28.2 Å². The standard InChI is InChI=1S/C14H20F3N3/c1-10(18-2)11-3-4-13(19-9-11)20-7-5-12(6-8-20)14(15,16)17/h3-4,9-10,12,18H,5-8H2,1-2H3. The molecule has 1 aromatic rings. The van der Waals surface area contributed by atoms with Gasteiger partial charge in [-0.3, -0.25) is 0 Å². The van der Waals surface area contributed by atoms with E-state index in [1.165, 1.54) is 0 Å². The van der Waals surface area contributed by atoms with Crippen LogP contribution in [0.5, 0.6) is 0 Å². The van der Waals surface area contributed by atoms with Crippen LogP contribution < -0.4 is 10.2 Å². The van der Waals surface area contributed by atoms with Gasteiger partial charge in [-0.2, -0.15) is 13.2 Å².